The van der Waals surface area contributed by atoms with Crippen molar-refractivity contribution < 1.29 is 5.11 Å². The minimum absolute atomic E-state index is 0.318. The highest BCUT2D eigenvalue weighted by Gasteiger charge is 1.97. The van der Waals surface area contributed by atoms with Gasteiger partial charge in [0, 0.05) is 12.8 Å². The summed E-state index contributed by atoms with van der Waals surface area (Å²) in [7, 11) is 0. The minimum atomic E-state index is -0.318. The maximum Gasteiger partial charge on any atom is 0.0886 e. The maximum atomic E-state index is 9.43. The van der Waals surface area contributed by atoms with Crippen molar-refractivity contribution in [1.82, 2.24) is 0 Å². The van der Waals surface area contributed by atoms with Crippen molar-refractivity contribution in [2.24, 2.45) is 4.99 Å². The molecule has 0 amide bonds. The third kappa shape index (κ3) is 9.72. The Kier molecular flexibility index (Phi) is 10.4. The summed E-state index contributed by atoms with van der Waals surface area (Å²) in [4.78, 5) is 4.22. The summed E-state index contributed by atoms with van der Waals surface area (Å²) in [5.41, 5.74) is 0. The second-order valence-corrected chi connectivity index (χ2v) is 3.83. The van der Waals surface area contributed by atoms with E-state index in [2.05, 4.69) is 18.8 Å². The van der Waals surface area contributed by atoms with Crippen LogP contribution in [0.25, 0.3) is 0 Å². The molecule has 0 aromatic carbocycles. The van der Waals surface area contributed by atoms with E-state index in [9.17, 15) is 5.11 Å². The van der Waals surface area contributed by atoms with Crippen LogP contribution < -0.4 is 0 Å². The number of nitrogens with zero attached hydrogens (tertiary/aromatic N) is 1. The Morgan fingerprint density at radius 3 is 2.43 bits per heavy atom. The summed E-state index contributed by atoms with van der Waals surface area (Å²) in [6.45, 7) is 5.22. The van der Waals surface area contributed by atoms with Crippen LogP contribution in [0.5, 0.6) is 0 Å². The lowest BCUT2D eigenvalue weighted by Gasteiger charge is -2.02. The summed E-state index contributed by atoms with van der Waals surface area (Å²) in [5, 5.41) is 9.43. The van der Waals surface area contributed by atoms with Crippen LogP contribution in [-0.2, 0) is 0 Å². The molecule has 0 radical (unpaired) electrons. The molecule has 0 aromatic rings. The lowest BCUT2D eigenvalue weighted by molar-refractivity contribution is 0.231. The summed E-state index contributed by atoms with van der Waals surface area (Å²) in [5.74, 6) is 0. The summed E-state index contributed by atoms with van der Waals surface area (Å²) in [6.07, 6.45) is 9.46. The molecule has 0 aliphatic heterocycles. The normalized spacial score (nSPS) is 13.6. The van der Waals surface area contributed by atoms with Crippen molar-refractivity contribution in [3.05, 3.63) is 0 Å². The summed E-state index contributed by atoms with van der Waals surface area (Å²) in [6, 6.07) is 0. The van der Waals surface area contributed by atoms with Crippen LogP contribution in [0.2, 0.25) is 0 Å². The first-order valence-electron chi connectivity index (χ1n) is 5.99. The highest BCUT2D eigenvalue weighted by Crippen LogP contribution is 2.00. The predicted octanol–water partition coefficient (Wildman–Crippen LogP) is 3.19. The van der Waals surface area contributed by atoms with Gasteiger partial charge in [0.2, 0.25) is 0 Å². The van der Waals surface area contributed by atoms with Crippen molar-refractivity contribution in [3.63, 3.8) is 0 Å². The fourth-order valence-corrected chi connectivity index (χ4v) is 1.31. The van der Waals surface area contributed by atoms with Gasteiger partial charge >= 0.3 is 0 Å². The van der Waals surface area contributed by atoms with E-state index in [1.54, 1.807) is 6.21 Å². The van der Waals surface area contributed by atoms with Gasteiger partial charge in [-0.25, -0.2) is 0 Å². The predicted molar refractivity (Wildman–Crippen MR) is 63.0 cm³/mol. The van der Waals surface area contributed by atoms with Crippen molar-refractivity contribution in [2.45, 2.75) is 64.9 Å². The zero-order valence-corrected chi connectivity index (χ0v) is 9.71. The number of hydrogen-bond acceptors (Lipinski definition) is 2. The average Bonchev–Trinajstić information content (AvgIpc) is 2.20. The molecule has 0 fully saturated rings. The van der Waals surface area contributed by atoms with Gasteiger partial charge in [0.25, 0.3) is 0 Å². The van der Waals surface area contributed by atoms with Crippen LogP contribution in [0.3, 0.4) is 0 Å². The van der Waals surface area contributed by atoms with Crippen molar-refractivity contribution in [2.75, 3.05) is 6.54 Å². The first-order chi connectivity index (χ1) is 6.81. The number of unbranched alkanes of at least 4 members (excludes halogenated alkanes) is 4. The van der Waals surface area contributed by atoms with E-state index in [0.717, 1.165) is 32.2 Å². The monoisotopic (exact) mass is 199 g/mol. The zero-order chi connectivity index (χ0) is 10.6. The average molecular weight is 199 g/mol. The van der Waals surface area contributed by atoms with Gasteiger partial charge in [0.05, 0.1) is 6.10 Å². The number of aliphatic hydroxyl groups excluding tert-OH is 1. The third-order valence-electron chi connectivity index (χ3n) is 2.27. The Morgan fingerprint density at radius 2 is 1.79 bits per heavy atom. The molecule has 0 aliphatic rings. The highest BCUT2D eigenvalue weighted by molar-refractivity contribution is 5.62. The number of aliphatic hydroxyl groups is 1. The Hall–Kier alpha value is -0.370. The van der Waals surface area contributed by atoms with E-state index < -0.39 is 0 Å². The molecule has 0 saturated carbocycles. The van der Waals surface area contributed by atoms with Gasteiger partial charge in [-0.3, -0.25) is 4.99 Å². The van der Waals surface area contributed by atoms with E-state index >= 15 is 0 Å². The number of aliphatic imine (C=N–C) groups is 1. The molecule has 0 spiro atoms. The highest BCUT2D eigenvalue weighted by atomic mass is 16.3. The van der Waals surface area contributed by atoms with Crippen molar-refractivity contribution in [3.8, 4) is 0 Å². The van der Waals surface area contributed by atoms with Crippen LogP contribution >= 0.6 is 0 Å². The fraction of sp³-hybridized carbons (Fsp3) is 0.917. The van der Waals surface area contributed by atoms with Crippen LogP contribution in [-0.4, -0.2) is 24.0 Å². The molecule has 14 heavy (non-hydrogen) atoms. The molecule has 84 valence electrons. The molecule has 0 rings (SSSR count). The van der Waals surface area contributed by atoms with Crippen molar-refractivity contribution in [1.29, 1.82) is 0 Å². The molecular weight excluding hydrogens is 174 g/mol. The van der Waals surface area contributed by atoms with Gasteiger partial charge in [-0.05, 0) is 12.8 Å². The third-order valence-corrected chi connectivity index (χ3v) is 2.27. The first-order valence-corrected chi connectivity index (χ1v) is 5.99. The summed E-state index contributed by atoms with van der Waals surface area (Å²) < 4.78 is 0. The van der Waals surface area contributed by atoms with Crippen LogP contribution in [0.4, 0.5) is 0 Å². The lowest BCUT2D eigenvalue weighted by atomic mass is 10.2. The maximum absolute atomic E-state index is 9.43. The topological polar surface area (TPSA) is 32.6 Å². The Morgan fingerprint density at radius 1 is 1.07 bits per heavy atom. The molecule has 0 aliphatic carbocycles. The Balaban J connectivity index is 3.23. The smallest absolute Gasteiger partial charge is 0.0886 e. The van der Waals surface area contributed by atoms with Gasteiger partial charge in [-0.2, -0.15) is 0 Å². The molecule has 0 saturated heterocycles. The molecular formula is C12H25NO. The van der Waals surface area contributed by atoms with Gasteiger partial charge in [-0.15, -0.1) is 0 Å². The van der Waals surface area contributed by atoms with Gasteiger partial charge in [0.15, 0.2) is 0 Å². The molecule has 2 heteroatoms. The van der Waals surface area contributed by atoms with Gasteiger partial charge in [-0.1, -0.05) is 46.0 Å². The van der Waals surface area contributed by atoms with E-state index in [1.807, 2.05) is 0 Å². The zero-order valence-electron chi connectivity index (χ0n) is 9.71. The lowest BCUT2D eigenvalue weighted by Crippen LogP contribution is -2.07. The van der Waals surface area contributed by atoms with Gasteiger partial charge < -0.3 is 5.11 Å². The SMILES string of the molecule is CCCCCCN=CC(O)CCCC. The van der Waals surface area contributed by atoms with Crippen LogP contribution in [0, 0.1) is 0 Å². The molecule has 1 unspecified atom stereocenters. The largest absolute Gasteiger partial charge is 0.387 e. The van der Waals surface area contributed by atoms with Gasteiger partial charge in [0.1, 0.15) is 0 Å². The second-order valence-electron chi connectivity index (χ2n) is 3.83. The Bertz CT molecular complexity index is 134. The second kappa shape index (κ2) is 10.7. The molecule has 0 aromatic heterocycles. The minimum Gasteiger partial charge on any atom is -0.387 e. The number of hydrogen-bond donors (Lipinski definition) is 1. The van der Waals surface area contributed by atoms with Crippen LogP contribution in [0.1, 0.15) is 58.8 Å². The van der Waals surface area contributed by atoms with Crippen molar-refractivity contribution >= 4 is 6.21 Å². The van der Waals surface area contributed by atoms with E-state index in [0.29, 0.717) is 0 Å². The molecule has 0 heterocycles. The molecule has 0 bridgehead atoms. The first kappa shape index (κ1) is 13.6. The molecule has 2 nitrogen and oxygen atoms in total. The van der Waals surface area contributed by atoms with E-state index in [-0.39, 0.29) is 6.10 Å². The van der Waals surface area contributed by atoms with E-state index in [1.165, 1.54) is 19.3 Å². The standard InChI is InChI=1S/C12H25NO/c1-3-5-7-8-10-13-11-12(14)9-6-4-2/h11-12,14H,3-10H2,1-2H3. The number of rotatable bonds is 9. The van der Waals surface area contributed by atoms with Crippen LogP contribution in [0.15, 0.2) is 4.99 Å². The Labute approximate surface area is 88.4 Å². The summed E-state index contributed by atoms with van der Waals surface area (Å²) >= 11 is 0. The quantitative estimate of drug-likeness (QED) is 0.449. The molecule has 1 atom stereocenters. The molecule has 1 N–H and O–H groups in total. The fourth-order valence-electron chi connectivity index (χ4n) is 1.31. The van der Waals surface area contributed by atoms with E-state index in [4.69, 9.17) is 0 Å².